The van der Waals surface area contributed by atoms with Crippen LogP contribution in [0.25, 0.3) is 24.3 Å². The minimum Gasteiger partial charge on any atom is -0.457 e. The summed E-state index contributed by atoms with van der Waals surface area (Å²) in [5.41, 5.74) is 0. The highest BCUT2D eigenvalue weighted by molar-refractivity contribution is 5.74. The minimum atomic E-state index is 0.603. The van der Waals surface area contributed by atoms with E-state index >= 15 is 0 Å². The van der Waals surface area contributed by atoms with Gasteiger partial charge in [-0.25, -0.2) is 0 Å². The van der Waals surface area contributed by atoms with E-state index in [9.17, 15) is 9.59 Å². The third kappa shape index (κ3) is 3.81. The first-order valence-corrected chi connectivity index (χ1v) is 5.93. The molecule has 100 valence electrons. The maximum atomic E-state index is 10.2. The molecule has 0 aliphatic carbocycles. The Morgan fingerprint density at radius 1 is 0.600 bits per heavy atom. The maximum absolute atomic E-state index is 10.2. The van der Waals surface area contributed by atoms with Crippen LogP contribution < -0.4 is 0 Å². The molecule has 0 bridgehead atoms. The molecule has 0 fully saturated rings. The van der Waals surface area contributed by atoms with Gasteiger partial charge in [0.05, 0.1) is 0 Å². The van der Waals surface area contributed by atoms with Crippen LogP contribution in [0.3, 0.4) is 0 Å². The molecule has 0 aliphatic heterocycles. The van der Waals surface area contributed by atoms with Gasteiger partial charge in [0.25, 0.3) is 0 Å². The average Bonchev–Trinajstić information content (AvgIpc) is 3.10. The van der Waals surface area contributed by atoms with Crippen molar-refractivity contribution in [2.45, 2.75) is 0 Å². The molecule has 4 heteroatoms. The lowest BCUT2D eigenvalue weighted by Gasteiger charge is -1.87. The topological polar surface area (TPSA) is 60.4 Å². The average molecular weight is 268 g/mol. The number of carbonyl (C=O) groups excluding carboxylic acids is 2. The molecule has 0 spiro atoms. The van der Waals surface area contributed by atoms with Crippen LogP contribution >= 0.6 is 0 Å². The fourth-order valence-corrected chi connectivity index (χ4v) is 1.53. The summed E-state index contributed by atoms with van der Waals surface area (Å²) in [5.74, 6) is 2.51. The summed E-state index contributed by atoms with van der Waals surface area (Å²) in [6, 6.07) is 7.11. The second-order valence-corrected chi connectivity index (χ2v) is 3.80. The lowest BCUT2D eigenvalue weighted by molar-refractivity contribution is -0.104. The molecule has 4 nitrogen and oxygen atoms in total. The van der Waals surface area contributed by atoms with E-state index in [0.29, 0.717) is 35.6 Å². The van der Waals surface area contributed by atoms with Gasteiger partial charge in [0.2, 0.25) is 0 Å². The molecule has 0 unspecified atom stereocenters. The van der Waals surface area contributed by atoms with Gasteiger partial charge >= 0.3 is 0 Å². The van der Waals surface area contributed by atoms with E-state index in [0.717, 1.165) is 0 Å². The minimum absolute atomic E-state index is 0.603. The lowest BCUT2D eigenvalue weighted by Crippen LogP contribution is -1.65. The second-order valence-electron chi connectivity index (χ2n) is 3.80. The van der Waals surface area contributed by atoms with Crippen LogP contribution in [0, 0.1) is 0 Å². The van der Waals surface area contributed by atoms with Gasteiger partial charge in [-0.2, -0.15) is 0 Å². The largest absolute Gasteiger partial charge is 0.457 e. The van der Waals surface area contributed by atoms with Gasteiger partial charge in [-0.05, 0) is 60.7 Å². The van der Waals surface area contributed by atoms with Crippen molar-refractivity contribution in [2.75, 3.05) is 0 Å². The molecule has 2 heterocycles. The van der Waals surface area contributed by atoms with Crippen LogP contribution in [0.1, 0.15) is 23.0 Å². The Balaban J connectivity index is 2.05. The van der Waals surface area contributed by atoms with E-state index < -0.39 is 0 Å². The molecular formula is C16H12O4. The van der Waals surface area contributed by atoms with Gasteiger partial charge in [-0.3, -0.25) is 9.59 Å². The van der Waals surface area contributed by atoms with E-state index in [1.54, 1.807) is 48.6 Å². The molecule has 20 heavy (non-hydrogen) atoms. The molecule has 2 rings (SSSR count). The number of hydrogen-bond acceptors (Lipinski definition) is 4. The van der Waals surface area contributed by atoms with Crippen molar-refractivity contribution in [2.24, 2.45) is 0 Å². The van der Waals surface area contributed by atoms with Gasteiger partial charge in [-0.1, -0.05) is 0 Å². The Kier molecular flexibility index (Phi) is 4.67. The summed E-state index contributed by atoms with van der Waals surface area (Å²) in [5, 5.41) is 0. The van der Waals surface area contributed by atoms with E-state index in [4.69, 9.17) is 8.83 Å². The van der Waals surface area contributed by atoms with Crippen LogP contribution in [0.2, 0.25) is 0 Å². The molecule has 0 aromatic carbocycles. The highest BCUT2D eigenvalue weighted by Gasteiger charge is 1.98. The second kappa shape index (κ2) is 6.89. The first kappa shape index (κ1) is 13.5. The first-order chi connectivity index (χ1) is 9.81. The number of rotatable bonds is 6. The molecule has 0 N–H and O–H groups in total. The summed E-state index contributed by atoms with van der Waals surface area (Å²) in [6.07, 6.45) is 10.8. The van der Waals surface area contributed by atoms with Crippen molar-refractivity contribution < 1.29 is 18.4 Å². The predicted octanol–water partition coefficient (Wildman–Crippen LogP) is 3.47. The summed E-state index contributed by atoms with van der Waals surface area (Å²) in [6.45, 7) is 0. The maximum Gasteiger partial charge on any atom is 0.142 e. The van der Waals surface area contributed by atoms with Crippen LogP contribution in [0.5, 0.6) is 0 Å². The quantitative estimate of drug-likeness (QED) is 0.594. The monoisotopic (exact) mass is 268 g/mol. The van der Waals surface area contributed by atoms with Crippen molar-refractivity contribution in [1.29, 1.82) is 0 Å². The van der Waals surface area contributed by atoms with Gasteiger partial charge in [-0.15, -0.1) is 0 Å². The summed E-state index contributed by atoms with van der Waals surface area (Å²) >= 11 is 0. The molecule has 2 aromatic heterocycles. The van der Waals surface area contributed by atoms with Crippen LogP contribution in [0.4, 0.5) is 0 Å². The summed E-state index contributed by atoms with van der Waals surface area (Å²) < 4.78 is 10.9. The van der Waals surface area contributed by atoms with Gasteiger partial charge in [0.1, 0.15) is 35.6 Å². The van der Waals surface area contributed by atoms with E-state index in [-0.39, 0.29) is 0 Å². The summed E-state index contributed by atoms with van der Waals surface area (Å²) in [7, 11) is 0. The van der Waals surface area contributed by atoms with Gasteiger partial charge < -0.3 is 8.83 Å². The molecule has 0 saturated carbocycles. The van der Waals surface area contributed by atoms with Crippen molar-refractivity contribution in [3.63, 3.8) is 0 Å². The molecule has 0 radical (unpaired) electrons. The number of hydrogen-bond donors (Lipinski definition) is 0. The Morgan fingerprint density at radius 3 is 1.30 bits per heavy atom. The van der Waals surface area contributed by atoms with Crippen molar-refractivity contribution in [1.82, 2.24) is 0 Å². The van der Waals surface area contributed by atoms with Crippen molar-refractivity contribution in [3.8, 4) is 0 Å². The summed E-state index contributed by atoms with van der Waals surface area (Å²) in [4.78, 5) is 20.4. The Bertz CT molecular complexity index is 610. The zero-order chi connectivity index (χ0) is 14.2. The molecule has 0 aliphatic rings. The van der Waals surface area contributed by atoms with Gasteiger partial charge in [0, 0.05) is 0 Å². The lowest BCUT2D eigenvalue weighted by atomic mass is 10.3. The fraction of sp³-hybridized carbons (Fsp3) is 0. The Hall–Kier alpha value is -2.88. The fourth-order valence-electron chi connectivity index (χ4n) is 1.53. The molecule has 0 atom stereocenters. The molecule has 0 amide bonds. The SMILES string of the molecule is O=C/C=C/c1ccc(/C=C/c2ccc(/C=C/C=O)o2)o1. The number of furan rings is 2. The Labute approximate surface area is 115 Å². The molecular weight excluding hydrogens is 256 g/mol. The van der Waals surface area contributed by atoms with Crippen LogP contribution in [-0.4, -0.2) is 12.6 Å². The highest BCUT2D eigenvalue weighted by atomic mass is 16.3. The van der Waals surface area contributed by atoms with Gasteiger partial charge in [0.15, 0.2) is 0 Å². The standard InChI is InChI=1S/C16H12O4/c17-11-1-3-13-5-7-15(19-13)9-10-16-8-6-14(20-16)4-2-12-18/h1-12H/b3-1+,4-2+,10-9+. The smallest absolute Gasteiger partial charge is 0.142 e. The molecule has 0 saturated heterocycles. The van der Waals surface area contributed by atoms with Crippen molar-refractivity contribution >= 4 is 36.9 Å². The van der Waals surface area contributed by atoms with Crippen molar-refractivity contribution in [3.05, 3.63) is 59.5 Å². The number of allylic oxidation sites excluding steroid dienone is 2. The Morgan fingerprint density at radius 2 is 0.950 bits per heavy atom. The zero-order valence-corrected chi connectivity index (χ0v) is 10.6. The van der Waals surface area contributed by atoms with E-state index in [1.165, 1.54) is 12.2 Å². The third-order valence-corrected chi connectivity index (χ3v) is 2.39. The molecule has 2 aromatic rings. The highest BCUT2D eigenvalue weighted by Crippen LogP contribution is 2.15. The number of carbonyl (C=O) groups is 2. The van der Waals surface area contributed by atoms with Crippen LogP contribution in [-0.2, 0) is 9.59 Å². The van der Waals surface area contributed by atoms with Crippen LogP contribution in [0.15, 0.2) is 45.3 Å². The van der Waals surface area contributed by atoms with E-state index in [1.807, 2.05) is 0 Å². The van der Waals surface area contributed by atoms with E-state index in [2.05, 4.69) is 0 Å². The zero-order valence-electron chi connectivity index (χ0n) is 10.6. The predicted molar refractivity (Wildman–Crippen MR) is 76.5 cm³/mol. The number of aldehydes is 2. The first-order valence-electron chi connectivity index (χ1n) is 5.93. The normalized spacial score (nSPS) is 11.8. The third-order valence-electron chi connectivity index (χ3n) is 2.39.